The molecule has 0 saturated carbocycles. The van der Waals surface area contributed by atoms with Crippen molar-refractivity contribution in [3.63, 3.8) is 0 Å². The standard InChI is InChI=1S/C17H17F3N2O3/c1-8-9(2)22(6-10(24)7-23)16-12(17(18,19)20)5-13-11(15(8)16)3-4-14(25)21-13/h3-5,10,23-24H,6-7H2,1-2H3,(H,21,25)/t10-/m0/s1. The average Bonchev–Trinajstić information content (AvgIpc) is 2.78. The second kappa shape index (κ2) is 5.89. The SMILES string of the molecule is Cc1c(C)n(C[C@H](O)CO)c2c(C(F)(F)F)cc3[nH]c(=O)ccc3c12. The summed E-state index contributed by atoms with van der Waals surface area (Å²) in [5.41, 5.74) is -0.137. The smallest absolute Gasteiger partial charge is 0.394 e. The first-order valence-electron chi connectivity index (χ1n) is 7.66. The van der Waals surface area contributed by atoms with Gasteiger partial charge in [0.25, 0.3) is 0 Å². The molecule has 25 heavy (non-hydrogen) atoms. The van der Waals surface area contributed by atoms with Gasteiger partial charge < -0.3 is 19.8 Å². The number of H-pyrrole nitrogens is 1. The van der Waals surface area contributed by atoms with Crippen LogP contribution in [0.5, 0.6) is 0 Å². The number of halogens is 3. The minimum absolute atomic E-state index is 0.0606. The van der Waals surface area contributed by atoms with Gasteiger partial charge >= 0.3 is 6.18 Å². The number of aryl methyl sites for hydroxylation is 1. The van der Waals surface area contributed by atoms with Crippen LogP contribution in [0.1, 0.15) is 16.8 Å². The van der Waals surface area contributed by atoms with Crippen molar-refractivity contribution in [2.75, 3.05) is 6.61 Å². The summed E-state index contributed by atoms with van der Waals surface area (Å²) in [6, 6.07) is 3.68. The normalized spacial score (nSPS) is 13.7. The van der Waals surface area contributed by atoms with Gasteiger partial charge in [-0.15, -0.1) is 0 Å². The van der Waals surface area contributed by atoms with Crippen LogP contribution in [0.4, 0.5) is 13.2 Å². The Morgan fingerprint density at radius 1 is 1.28 bits per heavy atom. The molecule has 0 fully saturated rings. The first-order chi connectivity index (χ1) is 11.6. The van der Waals surface area contributed by atoms with E-state index < -0.39 is 30.0 Å². The summed E-state index contributed by atoms with van der Waals surface area (Å²) in [6.45, 7) is 2.65. The van der Waals surface area contributed by atoms with Crippen LogP contribution >= 0.6 is 0 Å². The maximum absolute atomic E-state index is 13.7. The zero-order chi connectivity index (χ0) is 18.5. The highest BCUT2D eigenvalue weighted by Crippen LogP contribution is 2.41. The zero-order valence-corrected chi connectivity index (χ0v) is 13.6. The molecule has 0 aliphatic heterocycles. The van der Waals surface area contributed by atoms with Crippen LogP contribution in [-0.2, 0) is 12.7 Å². The third-order valence-electron chi connectivity index (χ3n) is 4.50. The number of aromatic nitrogens is 2. The molecule has 1 aromatic carbocycles. The molecule has 2 heterocycles. The van der Waals surface area contributed by atoms with E-state index in [2.05, 4.69) is 4.98 Å². The number of hydrogen-bond donors (Lipinski definition) is 3. The molecule has 0 aliphatic carbocycles. The molecule has 0 saturated heterocycles. The second-order valence-corrected chi connectivity index (χ2v) is 6.09. The van der Waals surface area contributed by atoms with E-state index in [9.17, 15) is 23.1 Å². The highest BCUT2D eigenvalue weighted by Gasteiger charge is 2.36. The highest BCUT2D eigenvalue weighted by atomic mass is 19.4. The second-order valence-electron chi connectivity index (χ2n) is 6.09. The van der Waals surface area contributed by atoms with E-state index in [1.807, 2.05) is 0 Å². The number of aliphatic hydroxyl groups excluding tert-OH is 2. The van der Waals surface area contributed by atoms with Crippen molar-refractivity contribution < 1.29 is 23.4 Å². The van der Waals surface area contributed by atoms with Gasteiger partial charge in [0.05, 0.1) is 30.3 Å². The van der Waals surface area contributed by atoms with Gasteiger partial charge in [-0.1, -0.05) is 0 Å². The van der Waals surface area contributed by atoms with E-state index in [1.165, 1.54) is 16.7 Å². The molecule has 3 rings (SSSR count). The lowest BCUT2D eigenvalue weighted by atomic mass is 10.0. The molecule has 0 spiro atoms. The van der Waals surface area contributed by atoms with Gasteiger partial charge in [-0.2, -0.15) is 13.2 Å². The summed E-state index contributed by atoms with van der Waals surface area (Å²) in [6.07, 6.45) is -5.82. The van der Waals surface area contributed by atoms with Crippen molar-refractivity contribution in [3.05, 3.63) is 45.4 Å². The van der Waals surface area contributed by atoms with Gasteiger partial charge in [0.1, 0.15) is 0 Å². The van der Waals surface area contributed by atoms with Gasteiger partial charge in [-0.05, 0) is 31.5 Å². The molecular weight excluding hydrogens is 337 g/mol. The molecule has 5 nitrogen and oxygen atoms in total. The monoisotopic (exact) mass is 354 g/mol. The van der Waals surface area contributed by atoms with Crippen molar-refractivity contribution in [1.29, 1.82) is 0 Å². The van der Waals surface area contributed by atoms with Crippen LogP contribution < -0.4 is 5.56 Å². The van der Waals surface area contributed by atoms with Crippen molar-refractivity contribution in [2.45, 2.75) is 32.7 Å². The summed E-state index contributed by atoms with van der Waals surface area (Å²) >= 11 is 0. The molecule has 3 aromatic rings. The number of aliphatic hydroxyl groups is 2. The minimum atomic E-state index is -4.64. The van der Waals surface area contributed by atoms with Crippen LogP contribution in [0.25, 0.3) is 21.8 Å². The van der Waals surface area contributed by atoms with Crippen molar-refractivity contribution in [1.82, 2.24) is 9.55 Å². The Hall–Kier alpha value is -2.32. The van der Waals surface area contributed by atoms with Gasteiger partial charge in [-0.3, -0.25) is 4.79 Å². The first-order valence-corrected chi connectivity index (χ1v) is 7.66. The summed E-state index contributed by atoms with van der Waals surface area (Å²) in [4.78, 5) is 14.0. The Labute approximate surface area is 140 Å². The topological polar surface area (TPSA) is 78.2 Å². The predicted molar refractivity (Wildman–Crippen MR) is 87.6 cm³/mol. The Bertz CT molecular complexity index is 1020. The molecule has 0 amide bonds. The molecule has 3 N–H and O–H groups in total. The Morgan fingerprint density at radius 3 is 2.56 bits per heavy atom. The van der Waals surface area contributed by atoms with E-state index in [0.29, 0.717) is 22.0 Å². The number of pyridine rings is 1. The molecule has 0 radical (unpaired) electrons. The summed E-state index contributed by atoms with van der Waals surface area (Å²) in [5.74, 6) is 0. The van der Waals surface area contributed by atoms with E-state index in [4.69, 9.17) is 5.11 Å². The van der Waals surface area contributed by atoms with Crippen molar-refractivity contribution >= 4 is 21.8 Å². The van der Waals surface area contributed by atoms with Gasteiger partial charge in [0.15, 0.2) is 0 Å². The summed E-state index contributed by atoms with van der Waals surface area (Å²) in [5, 5.41) is 19.7. The molecule has 1 atom stereocenters. The Kier molecular flexibility index (Phi) is 4.12. The fourth-order valence-electron chi connectivity index (χ4n) is 3.22. The number of rotatable bonds is 3. The lowest BCUT2D eigenvalue weighted by molar-refractivity contribution is -0.136. The van der Waals surface area contributed by atoms with Crippen LogP contribution in [0.15, 0.2) is 23.0 Å². The Morgan fingerprint density at radius 2 is 1.96 bits per heavy atom. The third-order valence-corrected chi connectivity index (χ3v) is 4.50. The van der Waals surface area contributed by atoms with E-state index in [0.717, 1.165) is 6.07 Å². The average molecular weight is 354 g/mol. The summed E-state index contributed by atoms with van der Waals surface area (Å²) < 4.78 is 42.4. The van der Waals surface area contributed by atoms with Crippen molar-refractivity contribution in [2.24, 2.45) is 0 Å². The number of alkyl halides is 3. The summed E-state index contributed by atoms with van der Waals surface area (Å²) in [7, 11) is 0. The number of nitrogens with one attached hydrogen (secondary N) is 1. The molecule has 0 aliphatic rings. The highest BCUT2D eigenvalue weighted by molar-refractivity contribution is 6.09. The number of fused-ring (bicyclic) bond motifs is 3. The maximum atomic E-state index is 13.7. The van der Waals surface area contributed by atoms with Gasteiger partial charge in [-0.25, -0.2) is 0 Å². The predicted octanol–water partition coefficient (Wildman–Crippen LogP) is 2.47. The fraction of sp³-hybridized carbons (Fsp3) is 0.353. The molecular formula is C17H17F3N2O3. The number of aromatic amines is 1. The molecule has 8 heteroatoms. The minimum Gasteiger partial charge on any atom is -0.394 e. The molecule has 0 bridgehead atoms. The fourth-order valence-corrected chi connectivity index (χ4v) is 3.22. The van der Waals surface area contributed by atoms with Gasteiger partial charge in [0, 0.05) is 28.0 Å². The van der Waals surface area contributed by atoms with Crippen LogP contribution in [0.3, 0.4) is 0 Å². The maximum Gasteiger partial charge on any atom is 0.418 e. The lowest BCUT2D eigenvalue weighted by Gasteiger charge is -2.16. The zero-order valence-electron chi connectivity index (χ0n) is 13.6. The number of benzene rings is 1. The molecule has 2 aromatic heterocycles. The van der Waals surface area contributed by atoms with Crippen LogP contribution in [0, 0.1) is 13.8 Å². The quantitative estimate of drug-likeness (QED) is 0.676. The van der Waals surface area contributed by atoms with E-state index >= 15 is 0 Å². The largest absolute Gasteiger partial charge is 0.418 e. The van der Waals surface area contributed by atoms with E-state index in [1.54, 1.807) is 13.8 Å². The van der Waals surface area contributed by atoms with E-state index in [-0.39, 0.29) is 17.6 Å². The third kappa shape index (κ3) is 2.81. The Balaban J connectivity index is 2.52. The van der Waals surface area contributed by atoms with Gasteiger partial charge in [0.2, 0.25) is 5.56 Å². The first kappa shape index (κ1) is 17.5. The van der Waals surface area contributed by atoms with Crippen LogP contribution in [-0.4, -0.2) is 32.5 Å². The molecule has 0 unspecified atom stereocenters. The van der Waals surface area contributed by atoms with Crippen LogP contribution in [0.2, 0.25) is 0 Å². The molecule has 134 valence electrons. The number of hydrogen-bond acceptors (Lipinski definition) is 3. The lowest BCUT2D eigenvalue weighted by Crippen LogP contribution is -2.21. The number of nitrogens with zero attached hydrogens (tertiary/aromatic N) is 1. The van der Waals surface area contributed by atoms with Crippen molar-refractivity contribution in [3.8, 4) is 0 Å².